The Hall–Kier alpha value is -2.76. The van der Waals surface area contributed by atoms with Gasteiger partial charge in [0, 0.05) is 31.1 Å². The molecule has 1 saturated heterocycles. The van der Waals surface area contributed by atoms with Crippen molar-refractivity contribution in [2.45, 2.75) is 18.8 Å². The van der Waals surface area contributed by atoms with Gasteiger partial charge in [-0.05, 0) is 70.2 Å². The topological polar surface area (TPSA) is 50.5 Å². The van der Waals surface area contributed by atoms with Crippen LogP contribution in [-0.2, 0) is 0 Å². The van der Waals surface area contributed by atoms with E-state index in [1.807, 2.05) is 30.3 Å². The minimum absolute atomic E-state index is 0.0559. The van der Waals surface area contributed by atoms with E-state index in [4.69, 9.17) is 4.42 Å². The van der Waals surface area contributed by atoms with E-state index in [2.05, 4.69) is 21.7 Å². The number of ketones is 1. The fourth-order valence-corrected chi connectivity index (χ4v) is 4.96. The van der Waals surface area contributed by atoms with Crippen LogP contribution < -0.4 is 5.43 Å². The van der Waals surface area contributed by atoms with Crippen molar-refractivity contribution < 1.29 is 9.21 Å². The maximum Gasteiger partial charge on any atom is 0.192 e. The molecular formula is C24H21NO3S. The third-order valence-corrected chi connectivity index (χ3v) is 6.58. The number of hydrogen-bond acceptors (Lipinski definition) is 5. The molecule has 5 rings (SSSR count). The number of hydrogen-bond donors (Lipinski definition) is 0. The largest absolute Gasteiger partial charge is 0.464 e. The van der Waals surface area contributed by atoms with E-state index in [0.717, 1.165) is 30.4 Å². The third-order valence-electron chi connectivity index (χ3n) is 5.88. The number of carbonyl (C=O) groups excluding carboxylic acids is 1. The van der Waals surface area contributed by atoms with Gasteiger partial charge in [0.2, 0.25) is 0 Å². The Morgan fingerprint density at radius 3 is 2.93 bits per heavy atom. The quantitative estimate of drug-likeness (QED) is 0.345. The van der Waals surface area contributed by atoms with Crippen LogP contribution in [0.4, 0.5) is 0 Å². The fraction of sp³-hybridized carbons (Fsp3) is 0.250. The second-order valence-corrected chi connectivity index (χ2v) is 8.49. The molecule has 1 unspecified atom stereocenters. The summed E-state index contributed by atoms with van der Waals surface area (Å²) in [5.41, 5.74) is 2.63. The molecule has 1 atom stereocenters. The van der Waals surface area contributed by atoms with Gasteiger partial charge in [-0.15, -0.1) is 0 Å². The maximum absolute atomic E-state index is 12.8. The second kappa shape index (κ2) is 7.58. The molecular weight excluding hydrogens is 382 g/mol. The van der Waals surface area contributed by atoms with Crippen molar-refractivity contribution in [2.24, 2.45) is 0 Å². The highest BCUT2D eigenvalue weighted by Gasteiger charge is 2.24. The van der Waals surface area contributed by atoms with Crippen LogP contribution in [0, 0.1) is 0 Å². The number of rotatable bonds is 5. The highest BCUT2D eigenvalue weighted by Crippen LogP contribution is 2.29. The van der Waals surface area contributed by atoms with Crippen LogP contribution in [0.2, 0.25) is 0 Å². The standard InChI is InChI=1S/C24H21NO3S/c26-22(4-8-25-7-3-18(14-25)19-6-10-29-15-19)17-2-1-16-12-21-23(27)5-9-28-24(21)13-20(16)11-17/h1-2,5-6,9-13,15,18H,3-4,7-8,14H2. The Kier molecular flexibility index (Phi) is 4.78. The smallest absolute Gasteiger partial charge is 0.192 e. The van der Waals surface area contributed by atoms with Gasteiger partial charge in [0.25, 0.3) is 0 Å². The van der Waals surface area contributed by atoms with E-state index in [9.17, 15) is 9.59 Å². The van der Waals surface area contributed by atoms with Crippen molar-refractivity contribution in [1.29, 1.82) is 0 Å². The fourth-order valence-electron chi connectivity index (χ4n) is 4.22. The van der Waals surface area contributed by atoms with Crippen molar-refractivity contribution in [3.63, 3.8) is 0 Å². The van der Waals surface area contributed by atoms with Crippen molar-refractivity contribution >= 4 is 38.9 Å². The zero-order valence-electron chi connectivity index (χ0n) is 16.0. The summed E-state index contributed by atoms with van der Waals surface area (Å²) < 4.78 is 5.47. The number of Topliss-reactive ketones (excluding diaryl/α,β-unsaturated/α-hetero) is 1. The molecule has 3 heterocycles. The van der Waals surface area contributed by atoms with Crippen LogP contribution in [0.1, 0.15) is 34.7 Å². The van der Waals surface area contributed by atoms with Gasteiger partial charge in [-0.2, -0.15) is 11.3 Å². The van der Waals surface area contributed by atoms with Crippen LogP contribution in [0.25, 0.3) is 21.7 Å². The van der Waals surface area contributed by atoms with Crippen molar-refractivity contribution in [1.82, 2.24) is 4.90 Å². The van der Waals surface area contributed by atoms with Crippen LogP contribution in [-0.4, -0.2) is 30.3 Å². The van der Waals surface area contributed by atoms with E-state index in [1.165, 1.54) is 24.3 Å². The molecule has 0 bridgehead atoms. The van der Waals surface area contributed by atoms with Gasteiger partial charge in [0.05, 0.1) is 11.6 Å². The number of nitrogens with zero attached hydrogens (tertiary/aromatic N) is 1. The van der Waals surface area contributed by atoms with Gasteiger partial charge in [0.1, 0.15) is 5.58 Å². The van der Waals surface area contributed by atoms with Gasteiger partial charge in [-0.1, -0.05) is 12.1 Å². The summed E-state index contributed by atoms with van der Waals surface area (Å²) in [5, 5.41) is 6.78. The molecule has 1 fully saturated rings. The van der Waals surface area contributed by atoms with Crippen molar-refractivity contribution in [3.05, 3.63) is 80.8 Å². The number of benzene rings is 2. The molecule has 0 N–H and O–H groups in total. The van der Waals surface area contributed by atoms with Crippen LogP contribution in [0.3, 0.4) is 0 Å². The molecule has 0 spiro atoms. The summed E-state index contributed by atoms with van der Waals surface area (Å²) in [6, 6.07) is 13.0. The lowest BCUT2D eigenvalue weighted by Gasteiger charge is -2.15. The maximum atomic E-state index is 12.8. The molecule has 4 nitrogen and oxygen atoms in total. The Balaban J connectivity index is 1.29. The molecule has 2 aromatic heterocycles. The Morgan fingerprint density at radius 2 is 2.07 bits per heavy atom. The van der Waals surface area contributed by atoms with Gasteiger partial charge in [-0.3, -0.25) is 9.59 Å². The molecule has 5 heteroatoms. The normalized spacial score (nSPS) is 17.3. The predicted molar refractivity (Wildman–Crippen MR) is 117 cm³/mol. The summed E-state index contributed by atoms with van der Waals surface area (Å²) >= 11 is 1.75. The number of carbonyl (C=O) groups is 1. The first-order valence-corrected chi connectivity index (χ1v) is 10.8. The predicted octanol–water partition coefficient (Wildman–Crippen LogP) is 5.07. The molecule has 0 amide bonds. The van der Waals surface area contributed by atoms with Crippen molar-refractivity contribution in [3.8, 4) is 0 Å². The highest BCUT2D eigenvalue weighted by molar-refractivity contribution is 7.08. The zero-order chi connectivity index (χ0) is 19.8. The number of likely N-dealkylation sites (tertiary alicyclic amines) is 1. The van der Waals surface area contributed by atoms with E-state index in [-0.39, 0.29) is 11.2 Å². The molecule has 1 aliphatic heterocycles. The lowest BCUT2D eigenvalue weighted by atomic mass is 10.0. The molecule has 0 saturated carbocycles. The van der Waals surface area contributed by atoms with Gasteiger partial charge < -0.3 is 9.32 Å². The summed E-state index contributed by atoms with van der Waals surface area (Å²) in [6.45, 7) is 2.88. The minimum Gasteiger partial charge on any atom is -0.464 e. The zero-order valence-corrected chi connectivity index (χ0v) is 16.8. The van der Waals surface area contributed by atoms with Crippen molar-refractivity contribution in [2.75, 3.05) is 19.6 Å². The lowest BCUT2D eigenvalue weighted by molar-refractivity contribution is 0.0969. The minimum atomic E-state index is -0.0559. The molecule has 4 aromatic rings. The Labute approximate surface area is 172 Å². The summed E-state index contributed by atoms with van der Waals surface area (Å²) in [7, 11) is 0. The molecule has 2 aromatic carbocycles. The molecule has 146 valence electrons. The lowest BCUT2D eigenvalue weighted by Crippen LogP contribution is -2.23. The van der Waals surface area contributed by atoms with Gasteiger partial charge >= 0.3 is 0 Å². The molecule has 1 aliphatic rings. The number of fused-ring (bicyclic) bond motifs is 2. The van der Waals surface area contributed by atoms with E-state index in [1.54, 1.807) is 11.3 Å². The first kappa shape index (κ1) is 18.3. The van der Waals surface area contributed by atoms with Crippen LogP contribution >= 0.6 is 11.3 Å². The molecule has 29 heavy (non-hydrogen) atoms. The third kappa shape index (κ3) is 3.63. The first-order valence-electron chi connectivity index (χ1n) is 9.90. The average molecular weight is 404 g/mol. The van der Waals surface area contributed by atoms with Gasteiger partial charge in [-0.25, -0.2) is 0 Å². The van der Waals surface area contributed by atoms with E-state index >= 15 is 0 Å². The molecule has 0 radical (unpaired) electrons. The SMILES string of the molecule is O=C(CCN1CCC(c2ccsc2)C1)c1ccc2cc3c(=O)ccoc3cc2c1. The summed E-state index contributed by atoms with van der Waals surface area (Å²) in [6.07, 6.45) is 3.09. The second-order valence-electron chi connectivity index (χ2n) is 7.71. The monoisotopic (exact) mass is 403 g/mol. The Bertz CT molecular complexity index is 1240. The highest BCUT2D eigenvalue weighted by atomic mass is 32.1. The van der Waals surface area contributed by atoms with E-state index < -0.39 is 0 Å². The van der Waals surface area contributed by atoms with Crippen LogP contribution in [0.15, 0.2) is 68.7 Å². The summed E-state index contributed by atoms with van der Waals surface area (Å²) in [5.74, 6) is 0.750. The van der Waals surface area contributed by atoms with E-state index in [0.29, 0.717) is 28.9 Å². The average Bonchev–Trinajstić information content (AvgIpc) is 3.42. The summed E-state index contributed by atoms with van der Waals surface area (Å²) in [4.78, 5) is 27.2. The van der Waals surface area contributed by atoms with Gasteiger partial charge in [0.15, 0.2) is 11.2 Å². The Morgan fingerprint density at radius 1 is 1.14 bits per heavy atom. The number of thiophene rings is 1. The van der Waals surface area contributed by atoms with Crippen LogP contribution in [0.5, 0.6) is 0 Å². The molecule has 0 aliphatic carbocycles. The first-order chi connectivity index (χ1) is 14.2.